The predicted octanol–water partition coefficient (Wildman–Crippen LogP) is 1.91. The maximum atomic E-state index is 11.8. The average molecular weight is 251 g/mol. The van der Waals surface area contributed by atoms with Crippen LogP contribution in [0.1, 0.15) is 6.42 Å². The number of aromatic nitrogens is 2. The van der Waals surface area contributed by atoms with Gasteiger partial charge in [-0.3, -0.25) is 4.39 Å². The van der Waals surface area contributed by atoms with Gasteiger partial charge in [0.25, 0.3) is 0 Å². The zero-order valence-electron chi connectivity index (χ0n) is 6.61. The molecule has 0 saturated heterocycles. The Bertz CT molecular complexity index is 315. The molecule has 0 fully saturated rings. The smallest absolute Gasteiger partial charge is 0.390 e. The van der Waals surface area contributed by atoms with E-state index >= 15 is 0 Å². The molecule has 1 aromatic heterocycles. The molecule has 0 atom stereocenters. The van der Waals surface area contributed by atoms with Crippen LogP contribution in [0, 0.1) is 10.1 Å². The highest BCUT2D eigenvalue weighted by Crippen LogP contribution is 2.18. The molecule has 72 valence electrons. The van der Waals surface area contributed by atoms with Gasteiger partial charge in [0, 0.05) is 6.42 Å². The van der Waals surface area contributed by atoms with Crippen molar-refractivity contribution in [2.75, 3.05) is 6.67 Å². The summed E-state index contributed by atoms with van der Waals surface area (Å²) < 4.78 is 13.6. The number of hydrogen-bond donors (Lipinski definition) is 0. The molecule has 5 nitrogen and oxygen atoms in total. The molecule has 0 aliphatic carbocycles. The average Bonchev–Trinajstić information content (AvgIpc) is 2.43. The van der Waals surface area contributed by atoms with Gasteiger partial charge in [-0.25, -0.2) is 4.57 Å². The molecule has 13 heavy (non-hydrogen) atoms. The lowest BCUT2D eigenvalue weighted by molar-refractivity contribution is -0.396. The highest BCUT2D eigenvalue weighted by molar-refractivity contribution is 9.10. The lowest BCUT2D eigenvalue weighted by Crippen LogP contribution is -2.04. The monoisotopic (exact) mass is 250 g/mol. The van der Waals surface area contributed by atoms with Gasteiger partial charge in [0.2, 0.25) is 0 Å². The predicted molar refractivity (Wildman–Crippen MR) is 47.2 cm³/mol. The van der Waals surface area contributed by atoms with Crippen molar-refractivity contribution in [3.8, 4) is 0 Å². The van der Waals surface area contributed by atoms with E-state index in [0.29, 0.717) is 4.60 Å². The summed E-state index contributed by atoms with van der Waals surface area (Å²) in [5.74, 6) is -0.264. The fourth-order valence-electron chi connectivity index (χ4n) is 0.916. The molecule has 1 rings (SSSR count). The Morgan fingerprint density at radius 1 is 1.77 bits per heavy atom. The number of hydrogen-bond acceptors (Lipinski definition) is 3. The summed E-state index contributed by atoms with van der Waals surface area (Å²) in [6.45, 7) is -0.241. The number of nitrogens with zero attached hydrogens (tertiary/aromatic N) is 3. The molecule has 0 unspecified atom stereocenters. The molecule has 0 amide bonds. The minimum atomic E-state index is -0.594. The van der Waals surface area contributed by atoms with Crippen molar-refractivity contribution < 1.29 is 9.31 Å². The van der Waals surface area contributed by atoms with E-state index in [9.17, 15) is 14.5 Å². The highest BCUT2D eigenvalue weighted by Gasteiger charge is 2.18. The molecule has 0 aliphatic rings. The van der Waals surface area contributed by atoms with Crippen molar-refractivity contribution in [3.05, 3.63) is 20.9 Å². The minimum Gasteiger partial charge on any atom is -0.390 e. The van der Waals surface area contributed by atoms with Crippen LogP contribution in [0.3, 0.4) is 0 Å². The van der Waals surface area contributed by atoms with Gasteiger partial charge in [0.05, 0.1) is 13.2 Å². The second kappa shape index (κ2) is 4.31. The molecule has 0 N–H and O–H groups in total. The van der Waals surface area contributed by atoms with Crippen LogP contribution >= 0.6 is 15.9 Å². The summed E-state index contributed by atoms with van der Waals surface area (Å²) in [5.41, 5.74) is 0. The number of imidazole rings is 1. The first-order valence-corrected chi connectivity index (χ1v) is 4.37. The highest BCUT2D eigenvalue weighted by atomic mass is 79.9. The Hall–Kier alpha value is -0.980. The maximum absolute atomic E-state index is 11.8. The fourth-order valence-corrected chi connectivity index (χ4v) is 1.35. The van der Waals surface area contributed by atoms with E-state index in [1.807, 2.05) is 0 Å². The Morgan fingerprint density at radius 3 is 3.00 bits per heavy atom. The van der Waals surface area contributed by atoms with Crippen molar-refractivity contribution >= 4 is 21.9 Å². The molecule has 1 aromatic rings. The molecular formula is C6H7BrFN3O2. The molecule has 1 heterocycles. The number of nitro groups is 1. The third-order valence-electron chi connectivity index (χ3n) is 1.46. The number of rotatable bonds is 4. The van der Waals surface area contributed by atoms with Gasteiger partial charge >= 0.3 is 5.95 Å². The van der Waals surface area contributed by atoms with Crippen LogP contribution < -0.4 is 0 Å². The van der Waals surface area contributed by atoms with Gasteiger partial charge < -0.3 is 10.1 Å². The fraction of sp³-hybridized carbons (Fsp3) is 0.500. The van der Waals surface area contributed by atoms with Crippen molar-refractivity contribution in [3.63, 3.8) is 0 Å². The molecule has 0 bridgehead atoms. The molecular weight excluding hydrogens is 244 g/mol. The summed E-state index contributed by atoms with van der Waals surface area (Å²) >= 11 is 3.09. The molecule has 7 heteroatoms. The van der Waals surface area contributed by atoms with Gasteiger partial charge in [-0.1, -0.05) is 4.98 Å². The Morgan fingerprint density at radius 2 is 2.46 bits per heavy atom. The molecule has 0 spiro atoms. The van der Waals surface area contributed by atoms with Gasteiger partial charge in [-0.2, -0.15) is 0 Å². The SMILES string of the molecule is O=[N+]([O-])c1ncc(Br)n1CCC[18F]. The maximum Gasteiger partial charge on any atom is 0.435 e. The Balaban J connectivity index is 2.88. The Labute approximate surface area is 81.9 Å². The third kappa shape index (κ3) is 2.24. The van der Waals surface area contributed by atoms with E-state index in [2.05, 4.69) is 20.9 Å². The molecule has 0 aromatic carbocycles. The zero-order valence-corrected chi connectivity index (χ0v) is 8.20. The lowest BCUT2D eigenvalue weighted by atomic mass is 10.4. The van der Waals surface area contributed by atoms with Gasteiger partial charge in [-0.05, 0) is 20.9 Å². The van der Waals surface area contributed by atoms with E-state index in [1.54, 1.807) is 0 Å². The topological polar surface area (TPSA) is 61.0 Å². The molecule has 0 aliphatic heterocycles. The van der Waals surface area contributed by atoms with E-state index in [0.717, 1.165) is 0 Å². The van der Waals surface area contributed by atoms with E-state index in [-0.39, 0.29) is 18.9 Å². The first-order valence-electron chi connectivity index (χ1n) is 3.58. The van der Waals surface area contributed by atoms with E-state index < -0.39 is 11.6 Å². The zero-order chi connectivity index (χ0) is 9.84. The third-order valence-corrected chi connectivity index (χ3v) is 2.10. The molecule has 0 saturated carbocycles. The first kappa shape index (κ1) is 10.1. The van der Waals surface area contributed by atoms with Crippen LogP contribution in [-0.2, 0) is 6.54 Å². The first-order chi connectivity index (χ1) is 6.16. The normalized spacial score (nSPS) is 10.3. The number of alkyl halides is 1. The van der Waals surface area contributed by atoms with Gasteiger partial charge in [-0.15, -0.1) is 0 Å². The van der Waals surface area contributed by atoms with E-state index in [1.165, 1.54) is 10.8 Å². The van der Waals surface area contributed by atoms with Crippen LogP contribution in [0.2, 0.25) is 0 Å². The lowest BCUT2D eigenvalue weighted by Gasteiger charge is -1.99. The summed E-state index contributed by atoms with van der Waals surface area (Å²) in [6, 6.07) is 0. The summed E-state index contributed by atoms with van der Waals surface area (Å²) in [5, 5.41) is 10.4. The Kier molecular flexibility index (Phi) is 3.35. The molecule has 0 radical (unpaired) electrons. The van der Waals surface area contributed by atoms with Crippen molar-refractivity contribution in [2.45, 2.75) is 13.0 Å². The minimum absolute atomic E-state index is 0.246. The van der Waals surface area contributed by atoms with Gasteiger partial charge in [0.1, 0.15) is 0 Å². The van der Waals surface area contributed by atoms with Crippen LogP contribution in [-0.4, -0.2) is 21.1 Å². The van der Waals surface area contributed by atoms with E-state index in [4.69, 9.17) is 0 Å². The second-order valence-corrected chi connectivity index (χ2v) is 3.14. The van der Waals surface area contributed by atoms with Gasteiger partial charge in [0.15, 0.2) is 10.8 Å². The van der Waals surface area contributed by atoms with Crippen LogP contribution in [0.25, 0.3) is 0 Å². The van der Waals surface area contributed by atoms with Crippen LogP contribution in [0.15, 0.2) is 10.8 Å². The number of halogens is 2. The van der Waals surface area contributed by atoms with Crippen LogP contribution in [0.5, 0.6) is 0 Å². The largest absolute Gasteiger partial charge is 0.435 e. The van der Waals surface area contributed by atoms with Crippen LogP contribution in [0.4, 0.5) is 10.3 Å². The quantitative estimate of drug-likeness (QED) is 0.606. The summed E-state index contributed by atoms with van der Waals surface area (Å²) in [7, 11) is 0. The standard InChI is InChI=1S/C6H7BrFN3O2/c7-5-4-9-6(11(12)13)10(5)3-1-2-8/h4H,1-3H2/i8-1. The summed E-state index contributed by atoms with van der Waals surface area (Å²) in [4.78, 5) is 13.4. The van der Waals surface area contributed by atoms with Crippen molar-refractivity contribution in [2.24, 2.45) is 0 Å². The van der Waals surface area contributed by atoms with Crippen molar-refractivity contribution in [1.82, 2.24) is 9.55 Å². The second-order valence-electron chi connectivity index (χ2n) is 2.33. The van der Waals surface area contributed by atoms with Crippen molar-refractivity contribution in [1.29, 1.82) is 0 Å². The summed E-state index contributed by atoms with van der Waals surface area (Å²) in [6.07, 6.45) is 1.58.